The molecular weight excluding hydrogens is 416 g/mol. The summed E-state index contributed by atoms with van der Waals surface area (Å²) in [5, 5.41) is 5.41. The first kappa shape index (κ1) is 22.0. The summed E-state index contributed by atoms with van der Waals surface area (Å²) in [6.45, 7) is 1.38. The van der Waals surface area contributed by atoms with Crippen LogP contribution in [0.25, 0.3) is 0 Å². The van der Waals surface area contributed by atoms with Crippen LogP contribution in [0.2, 0.25) is 5.02 Å². The van der Waals surface area contributed by atoms with Crippen LogP contribution in [0, 0.1) is 0 Å². The summed E-state index contributed by atoms with van der Waals surface area (Å²) >= 11 is 6.04. The molecule has 1 saturated carbocycles. The van der Waals surface area contributed by atoms with Crippen molar-refractivity contribution in [2.45, 2.75) is 43.0 Å². The topological polar surface area (TPSA) is 98.8 Å². The number of halogens is 1. The van der Waals surface area contributed by atoms with Crippen LogP contribution in [0.5, 0.6) is 0 Å². The van der Waals surface area contributed by atoms with Gasteiger partial charge in [0.2, 0.25) is 15.9 Å². The number of nitrogens with one attached hydrogen (secondary N) is 2. The number of carbonyl (C=O) groups excluding carboxylic acids is 2. The second-order valence-electron chi connectivity index (χ2n) is 7.47. The predicted octanol–water partition coefficient (Wildman–Crippen LogP) is 1.80. The average molecular weight is 443 g/mol. The first-order valence-corrected chi connectivity index (χ1v) is 11.8. The largest absolute Gasteiger partial charge is 0.335 e. The minimum atomic E-state index is -3.67. The lowest BCUT2D eigenvalue weighted by Gasteiger charge is -2.33. The molecule has 1 heterocycles. The van der Waals surface area contributed by atoms with Gasteiger partial charge < -0.3 is 5.32 Å². The number of imide groups is 1. The second kappa shape index (κ2) is 9.88. The normalized spacial score (nSPS) is 19.6. The van der Waals surface area contributed by atoms with Crippen molar-refractivity contribution in [1.82, 2.24) is 19.8 Å². The summed E-state index contributed by atoms with van der Waals surface area (Å²) < 4.78 is 26.9. The number of nitrogens with zero attached hydrogens (tertiary/aromatic N) is 2. The third-order valence-corrected chi connectivity index (χ3v) is 7.74. The predicted molar refractivity (Wildman–Crippen MR) is 110 cm³/mol. The Hall–Kier alpha value is -1.68. The van der Waals surface area contributed by atoms with Gasteiger partial charge in [-0.15, -0.1) is 0 Å². The zero-order valence-electron chi connectivity index (χ0n) is 16.3. The molecule has 3 rings (SSSR count). The Kier molecular flexibility index (Phi) is 7.50. The number of benzene rings is 1. The highest BCUT2D eigenvalue weighted by Crippen LogP contribution is 2.25. The fourth-order valence-corrected chi connectivity index (χ4v) is 5.67. The zero-order chi connectivity index (χ0) is 20.9. The summed E-state index contributed by atoms with van der Waals surface area (Å²) in [5.41, 5.74) is 0. The molecule has 3 amide bonds. The maximum atomic E-state index is 12.8. The van der Waals surface area contributed by atoms with Crippen molar-refractivity contribution in [3.05, 3.63) is 29.3 Å². The Labute approximate surface area is 176 Å². The molecule has 2 fully saturated rings. The molecule has 0 aromatic heterocycles. The highest BCUT2D eigenvalue weighted by Gasteiger charge is 2.30. The van der Waals surface area contributed by atoms with E-state index in [1.165, 1.54) is 16.8 Å². The second-order valence-corrected chi connectivity index (χ2v) is 9.78. The van der Waals surface area contributed by atoms with E-state index in [2.05, 4.69) is 10.6 Å². The molecule has 0 unspecified atom stereocenters. The lowest BCUT2D eigenvalue weighted by Crippen LogP contribution is -2.53. The molecule has 2 N–H and O–H groups in total. The van der Waals surface area contributed by atoms with E-state index >= 15 is 0 Å². The van der Waals surface area contributed by atoms with Gasteiger partial charge in [0.25, 0.3) is 0 Å². The molecule has 0 bridgehead atoms. The van der Waals surface area contributed by atoms with Crippen LogP contribution >= 0.6 is 11.6 Å². The van der Waals surface area contributed by atoms with Crippen LogP contribution < -0.4 is 10.6 Å². The van der Waals surface area contributed by atoms with Crippen molar-refractivity contribution in [2.24, 2.45) is 0 Å². The number of hydrogen-bond donors (Lipinski definition) is 2. The first-order chi connectivity index (χ1) is 13.9. The molecule has 10 heteroatoms. The molecule has 29 heavy (non-hydrogen) atoms. The van der Waals surface area contributed by atoms with Crippen molar-refractivity contribution >= 4 is 33.6 Å². The monoisotopic (exact) mass is 442 g/mol. The minimum absolute atomic E-state index is 0.0536. The van der Waals surface area contributed by atoms with E-state index < -0.39 is 16.1 Å². The fourth-order valence-electron chi connectivity index (χ4n) is 3.76. The Balaban J connectivity index is 1.45. The summed E-state index contributed by atoms with van der Waals surface area (Å²) in [4.78, 5) is 26.0. The lowest BCUT2D eigenvalue weighted by atomic mass is 9.96. The third kappa shape index (κ3) is 5.91. The molecule has 1 aromatic rings. The van der Waals surface area contributed by atoms with Gasteiger partial charge in [-0.1, -0.05) is 43.0 Å². The summed E-state index contributed by atoms with van der Waals surface area (Å²) in [7, 11) is -3.67. The van der Waals surface area contributed by atoms with Gasteiger partial charge in [0.1, 0.15) is 4.90 Å². The summed E-state index contributed by atoms with van der Waals surface area (Å²) in [5.74, 6) is -0.388. The van der Waals surface area contributed by atoms with E-state index in [-0.39, 0.29) is 41.5 Å². The van der Waals surface area contributed by atoms with Crippen molar-refractivity contribution in [3.8, 4) is 0 Å². The Morgan fingerprint density at radius 3 is 2.34 bits per heavy atom. The van der Waals surface area contributed by atoms with Gasteiger partial charge in [-0.05, 0) is 25.0 Å². The molecule has 160 valence electrons. The SMILES string of the molecule is O=C(CN1CCN(S(=O)(=O)c2ccccc2Cl)CC1)NC(=O)NC1CCCCC1. The van der Waals surface area contributed by atoms with E-state index in [0.717, 1.165) is 25.7 Å². The number of sulfonamides is 1. The van der Waals surface area contributed by atoms with Crippen LogP contribution in [-0.4, -0.2) is 68.3 Å². The van der Waals surface area contributed by atoms with Gasteiger partial charge in [0.15, 0.2) is 0 Å². The number of hydrogen-bond acceptors (Lipinski definition) is 5. The quantitative estimate of drug-likeness (QED) is 0.724. The highest BCUT2D eigenvalue weighted by molar-refractivity contribution is 7.89. The van der Waals surface area contributed by atoms with E-state index in [9.17, 15) is 18.0 Å². The maximum Gasteiger partial charge on any atom is 0.321 e. The number of urea groups is 1. The molecule has 0 radical (unpaired) electrons. The van der Waals surface area contributed by atoms with Crippen molar-refractivity contribution < 1.29 is 18.0 Å². The van der Waals surface area contributed by atoms with E-state index in [1.54, 1.807) is 18.2 Å². The number of rotatable bonds is 5. The summed E-state index contributed by atoms with van der Waals surface area (Å²) in [6.07, 6.45) is 5.28. The molecule has 1 aliphatic heterocycles. The van der Waals surface area contributed by atoms with Gasteiger partial charge >= 0.3 is 6.03 Å². The third-order valence-electron chi connectivity index (χ3n) is 5.35. The van der Waals surface area contributed by atoms with Crippen molar-refractivity contribution in [1.29, 1.82) is 0 Å². The molecule has 1 aromatic carbocycles. The number of amides is 3. The number of carbonyl (C=O) groups is 2. The van der Waals surface area contributed by atoms with Crippen LogP contribution in [0.4, 0.5) is 4.79 Å². The van der Waals surface area contributed by atoms with Crippen LogP contribution in [0.3, 0.4) is 0 Å². The van der Waals surface area contributed by atoms with E-state index in [0.29, 0.717) is 13.1 Å². The Morgan fingerprint density at radius 2 is 1.69 bits per heavy atom. The highest BCUT2D eigenvalue weighted by atomic mass is 35.5. The zero-order valence-corrected chi connectivity index (χ0v) is 17.8. The van der Waals surface area contributed by atoms with E-state index in [4.69, 9.17) is 11.6 Å². The molecule has 0 spiro atoms. The lowest BCUT2D eigenvalue weighted by molar-refractivity contribution is -0.121. The Morgan fingerprint density at radius 1 is 1.03 bits per heavy atom. The van der Waals surface area contributed by atoms with Gasteiger partial charge in [-0.3, -0.25) is 15.0 Å². The molecule has 1 saturated heterocycles. The standard InChI is InChI=1S/C19H27ClN4O4S/c20-16-8-4-5-9-17(16)29(27,28)24-12-10-23(11-13-24)14-18(25)22-19(26)21-15-6-2-1-3-7-15/h4-5,8-9,15H,1-3,6-7,10-14H2,(H2,21,22,25,26). The molecule has 2 aliphatic rings. The average Bonchev–Trinajstić information content (AvgIpc) is 2.69. The van der Waals surface area contributed by atoms with Gasteiger partial charge in [-0.2, -0.15) is 4.31 Å². The maximum absolute atomic E-state index is 12.8. The fraction of sp³-hybridized carbons (Fsp3) is 0.579. The van der Waals surface area contributed by atoms with E-state index in [1.807, 2.05) is 4.90 Å². The first-order valence-electron chi connectivity index (χ1n) is 9.93. The van der Waals surface area contributed by atoms with Crippen molar-refractivity contribution in [2.75, 3.05) is 32.7 Å². The summed E-state index contributed by atoms with van der Waals surface area (Å²) in [6, 6.07) is 6.03. The van der Waals surface area contributed by atoms with Crippen LogP contribution in [0.1, 0.15) is 32.1 Å². The molecule has 1 aliphatic carbocycles. The van der Waals surface area contributed by atoms with Gasteiger partial charge in [-0.25, -0.2) is 13.2 Å². The van der Waals surface area contributed by atoms with Crippen molar-refractivity contribution in [3.63, 3.8) is 0 Å². The Bertz CT molecular complexity index is 834. The molecule has 0 atom stereocenters. The smallest absolute Gasteiger partial charge is 0.321 e. The molecule has 8 nitrogen and oxygen atoms in total. The van der Waals surface area contributed by atoms with Gasteiger partial charge in [0, 0.05) is 32.2 Å². The van der Waals surface area contributed by atoms with Gasteiger partial charge in [0.05, 0.1) is 11.6 Å². The molecular formula is C19H27ClN4O4S. The minimum Gasteiger partial charge on any atom is -0.335 e. The van der Waals surface area contributed by atoms with Crippen LogP contribution in [-0.2, 0) is 14.8 Å². The van der Waals surface area contributed by atoms with Crippen LogP contribution in [0.15, 0.2) is 29.2 Å². The number of piperazine rings is 1.